The van der Waals surface area contributed by atoms with Crippen molar-refractivity contribution in [3.8, 4) is 0 Å². The van der Waals surface area contributed by atoms with Crippen LogP contribution in [-0.2, 0) is 9.59 Å². The Bertz CT molecular complexity index is 512. The van der Waals surface area contributed by atoms with Gasteiger partial charge in [0.1, 0.15) is 0 Å². The topological polar surface area (TPSA) is 66.4 Å². The van der Waals surface area contributed by atoms with Crippen LogP contribution in [0.5, 0.6) is 0 Å². The molecular formula is C16H21NO3. The van der Waals surface area contributed by atoms with Crippen LogP contribution in [0.3, 0.4) is 0 Å². The normalized spacial score (nSPS) is 23.3. The van der Waals surface area contributed by atoms with Gasteiger partial charge >= 0.3 is 5.97 Å². The summed E-state index contributed by atoms with van der Waals surface area (Å²) in [6.45, 7) is 3.97. The van der Waals surface area contributed by atoms with Gasteiger partial charge in [0.15, 0.2) is 0 Å². The summed E-state index contributed by atoms with van der Waals surface area (Å²) in [6, 6.07) is 7.99. The molecule has 2 rings (SSSR count). The highest BCUT2D eigenvalue weighted by Gasteiger charge is 2.34. The number of benzene rings is 1. The Balaban J connectivity index is 1.93. The summed E-state index contributed by atoms with van der Waals surface area (Å²) in [6.07, 6.45) is 1.73. The fourth-order valence-electron chi connectivity index (χ4n) is 2.80. The number of carboxylic acids is 1. The molecule has 0 unspecified atom stereocenters. The molecule has 108 valence electrons. The number of carbonyl (C=O) groups is 2. The first kappa shape index (κ1) is 14.6. The Morgan fingerprint density at radius 1 is 1.30 bits per heavy atom. The van der Waals surface area contributed by atoms with Gasteiger partial charge in [0.05, 0.1) is 12.0 Å². The van der Waals surface area contributed by atoms with E-state index < -0.39 is 5.97 Å². The van der Waals surface area contributed by atoms with Crippen LogP contribution < -0.4 is 5.32 Å². The van der Waals surface area contributed by atoms with Crippen molar-refractivity contribution in [1.29, 1.82) is 0 Å². The first-order valence-corrected chi connectivity index (χ1v) is 7.07. The minimum absolute atomic E-state index is 0.0252. The van der Waals surface area contributed by atoms with Crippen LogP contribution in [0.4, 0.5) is 0 Å². The Morgan fingerprint density at radius 2 is 2.00 bits per heavy atom. The first-order valence-electron chi connectivity index (χ1n) is 7.07. The molecule has 4 heteroatoms. The van der Waals surface area contributed by atoms with E-state index in [4.69, 9.17) is 5.11 Å². The number of amides is 1. The molecule has 1 amide bonds. The molecule has 2 N–H and O–H groups in total. The fraction of sp³-hybridized carbons (Fsp3) is 0.500. The number of aliphatic carboxylic acids is 1. The molecule has 20 heavy (non-hydrogen) atoms. The summed E-state index contributed by atoms with van der Waals surface area (Å²) in [5.74, 6) is -1.34. The number of hydrogen-bond donors (Lipinski definition) is 2. The van der Waals surface area contributed by atoms with E-state index in [-0.39, 0.29) is 23.8 Å². The predicted molar refractivity (Wildman–Crippen MR) is 76.2 cm³/mol. The van der Waals surface area contributed by atoms with Crippen molar-refractivity contribution in [1.82, 2.24) is 5.32 Å². The van der Waals surface area contributed by atoms with Crippen LogP contribution in [0, 0.1) is 18.8 Å². The standard InChI is InChI=1S/C16H21NO3/c1-10-4-3-5-12(8-10)11(2)17-15(18)13-6-7-14(9-13)16(19)20/h3-5,8,11,13-14H,6-7,9H2,1-2H3,(H,17,18)(H,19,20)/t11-,13-,14+/m1/s1. The third-order valence-corrected chi connectivity index (χ3v) is 4.05. The van der Waals surface area contributed by atoms with Crippen LogP contribution in [0.2, 0.25) is 0 Å². The fourth-order valence-corrected chi connectivity index (χ4v) is 2.80. The molecule has 0 saturated heterocycles. The first-order chi connectivity index (χ1) is 9.47. The zero-order chi connectivity index (χ0) is 14.7. The van der Waals surface area contributed by atoms with Crippen LogP contribution in [-0.4, -0.2) is 17.0 Å². The number of rotatable bonds is 4. The molecule has 1 aromatic carbocycles. The number of aryl methyl sites for hydroxylation is 1. The lowest BCUT2D eigenvalue weighted by atomic mass is 10.0. The SMILES string of the molecule is Cc1cccc([C@@H](C)NC(=O)[C@@H]2CC[C@H](C(=O)O)C2)c1. The number of hydrogen-bond acceptors (Lipinski definition) is 2. The molecule has 1 saturated carbocycles. The maximum atomic E-state index is 12.2. The van der Waals surface area contributed by atoms with E-state index in [1.165, 1.54) is 0 Å². The van der Waals surface area contributed by atoms with E-state index >= 15 is 0 Å². The summed E-state index contributed by atoms with van der Waals surface area (Å²) in [5, 5.41) is 12.0. The maximum Gasteiger partial charge on any atom is 0.306 e. The monoisotopic (exact) mass is 275 g/mol. The van der Waals surface area contributed by atoms with Crippen molar-refractivity contribution < 1.29 is 14.7 Å². The Kier molecular flexibility index (Phi) is 4.42. The molecule has 0 radical (unpaired) electrons. The van der Waals surface area contributed by atoms with E-state index in [2.05, 4.69) is 11.4 Å². The van der Waals surface area contributed by atoms with E-state index in [0.717, 1.165) is 11.1 Å². The van der Waals surface area contributed by atoms with E-state index in [0.29, 0.717) is 19.3 Å². The van der Waals surface area contributed by atoms with Crippen LogP contribution in [0.25, 0.3) is 0 Å². The highest BCUT2D eigenvalue weighted by molar-refractivity contribution is 5.81. The van der Waals surface area contributed by atoms with E-state index in [1.807, 2.05) is 32.0 Å². The quantitative estimate of drug-likeness (QED) is 0.887. The highest BCUT2D eigenvalue weighted by Crippen LogP contribution is 2.31. The van der Waals surface area contributed by atoms with Gasteiger partial charge in [-0.05, 0) is 38.7 Å². The van der Waals surface area contributed by atoms with Crippen molar-refractivity contribution in [3.05, 3.63) is 35.4 Å². The lowest BCUT2D eigenvalue weighted by molar-refractivity contribution is -0.141. The lowest BCUT2D eigenvalue weighted by Gasteiger charge is -2.18. The largest absolute Gasteiger partial charge is 0.481 e. The number of nitrogens with one attached hydrogen (secondary N) is 1. The molecule has 0 bridgehead atoms. The van der Waals surface area contributed by atoms with Gasteiger partial charge in [-0.1, -0.05) is 29.8 Å². The predicted octanol–water partition coefficient (Wildman–Crippen LogP) is 2.67. The molecular weight excluding hydrogens is 254 g/mol. The van der Waals surface area contributed by atoms with Gasteiger partial charge in [0.25, 0.3) is 0 Å². The van der Waals surface area contributed by atoms with Crippen LogP contribution >= 0.6 is 0 Å². The zero-order valence-electron chi connectivity index (χ0n) is 11.9. The lowest BCUT2D eigenvalue weighted by Crippen LogP contribution is -2.32. The van der Waals surface area contributed by atoms with Gasteiger partial charge in [0, 0.05) is 5.92 Å². The van der Waals surface area contributed by atoms with Crippen molar-refractivity contribution >= 4 is 11.9 Å². The van der Waals surface area contributed by atoms with E-state index in [1.54, 1.807) is 0 Å². The van der Waals surface area contributed by atoms with Crippen molar-refractivity contribution in [2.45, 2.75) is 39.2 Å². The Morgan fingerprint density at radius 3 is 2.60 bits per heavy atom. The second kappa shape index (κ2) is 6.07. The molecule has 0 heterocycles. The average molecular weight is 275 g/mol. The van der Waals surface area contributed by atoms with Gasteiger partial charge in [-0.3, -0.25) is 9.59 Å². The van der Waals surface area contributed by atoms with Gasteiger partial charge in [0.2, 0.25) is 5.91 Å². The minimum atomic E-state index is -0.785. The second-order valence-electron chi connectivity index (χ2n) is 5.69. The minimum Gasteiger partial charge on any atom is -0.481 e. The van der Waals surface area contributed by atoms with Gasteiger partial charge in [-0.25, -0.2) is 0 Å². The van der Waals surface area contributed by atoms with Gasteiger partial charge in [-0.2, -0.15) is 0 Å². The smallest absolute Gasteiger partial charge is 0.306 e. The van der Waals surface area contributed by atoms with Crippen molar-refractivity contribution in [2.24, 2.45) is 11.8 Å². The van der Waals surface area contributed by atoms with Crippen LogP contribution in [0.15, 0.2) is 24.3 Å². The van der Waals surface area contributed by atoms with E-state index in [9.17, 15) is 9.59 Å². The van der Waals surface area contributed by atoms with Crippen molar-refractivity contribution in [2.75, 3.05) is 0 Å². The second-order valence-corrected chi connectivity index (χ2v) is 5.69. The molecule has 0 aliphatic heterocycles. The highest BCUT2D eigenvalue weighted by atomic mass is 16.4. The molecule has 1 aromatic rings. The molecule has 1 fully saturated rings. The Labute approximate surface area is 119 Å². The summed E-state index contributed by atoms with van der Waals surface area (Å²) < 4.78 is 0. The molecule has 0 aromatic heterocycles. The third kappa shape index (κ3) is 3.38. The third-order valence-electron chi connectivity index (χ3n) is 4.05. The molecule has 1 aliphatic carbocycles. The van der Waals surface area contributed by atoms with Crippen molar-refractivity contribution in [3.63, 3.8) is 0 Å². The average Bonchev–Trinajstić information content (AvgIpc) is 2.88. The maximum absolute atomic E-state index is 12.2. The molecule has 3 atom stereocenters. The molecule has 4 nitrogen and oxygen atoms in total. The summed E-state index contributed by atoms with van der Waals surface area (Å²) in [5.41, 5.74) is 2.24. The zero-order valence-corrected chi connectivity index (χ0v) is 11.9. The molecule has 0 spiro atoms. The van der Waals surface area contributed by atoms with Gasteiger partial charge in [-0.15, -0.1) is 0 Å². The molecule has 1 aliphatic rings. The van der Waals surface area contributed by atoms with Crippen LogP contribution in [0.1, 0.15) is 43.4 Å². The summed E-state index contributed by atoms with van der Waals surface area (Å²) in [7, 11) is 0. The van der Waals surface area contributed by atoms with Gasteiger partial charge < -0.3 is 10.4 Å². The number of carbonyl (C=O) groups excluding carboxylic acids is 1. The summed E-state index contributed by atoms with van der Waals surface area (Å²) >= 11 is 0. The Hall–Kier alpha value is -1.84. The number of carboxylic acid groups (broad SMARTS) is 1. The summed E-state index contributed by atoms with van der Waals surface area (Å²) in [4.78, 5) is 23.1.